The number of rotatable bonds is 11. The number of nitrogens with one attached hydrogen (secondary N) is 1. The van der Waals surface area contributed by atoms with Gasteiger partial charge in [0.05, 0.1) is 0 Å². The van der Waals surface area contributed by atoms with Crippen molar-refractivity contribution in [3.8, 4) is 0 Å². The van der Waals surface area contributed by atoms with Gasteiger partial charge in [0.15, 0.2) is 0 Å². The summed E-state index contributed by atoms with van der Waals surface area (Å²) in [6.45, 7) is 10.8. The molecule has 0 aromatic heterocycles. The maximum atomic E-state index is 3.65. The minimum absolute atomic E-state index is 0.759. The molecule has 0 aromatic carbocycles. The SMILES string of the molecule is CCCCCCC(C)N(CCCC)CC1CCCN1. The summed E-state index contributed by atoms with van der Waals surface area (Å²) in [4.78, 5) is 2.75. The van der Waals surface area contributed by atoms with Crippen molar-refractivity contribution in [2.45, 2.75) is 90.6 Å². The zero-order chi connectivity index (χ0) is 13.9. The van der Waals surface area contributed by atoms with Crippen molar-refractivity contribution in [3.05, 3.63) is 0 Å². The van der Waals surface area contributed by atoms with E-state index in [2.05, 4.69) is 31.0 Å². The molecule has 1 rings (SSSR count). The van der Waals surface area contributed by atoms with Crippen LogP contribution < -0.4 is 5.32 Å². The van der Waals surface area contributed by atoms with Gasteiger partial charge in [0.25, 0.3) is 0 Å². The van der Waals surface area contributed by atoms with E-state index in [1.807, 2.05) is 0 Å². The fourth-order valence-corrected chi connectivity index (χ4v) is 3.10. The Labute approximate surface area is 121 Å². The fraction of sp³-hybridized carbons (Fsp3) is 1.00. The van der Waals surface area contributed by atoms with Gasteiger partial charge in [-0.3, -0.25) is 4.90 Å². The Hall–Kier alpha value is -0.0800. The van der Waals surface area contributed by atoms with Crippen LogP contribution in [0.3, 0.4) is 0 Å². The molecule has 0 bridgehead atoms. The summed E-state index contributed by atoms with van der Waals surface area (Å²) in [5.41, 5.74) is 0. The van der Waals surface area contributed by atoms with E-state index in [1.165, 1.54) is 77.4 Å². The lowest BCUT2D eigenvalue weighted by molar-refractivity contribution is 0.177. The highest BCUT2D eigenvalue weighted by Gasteiger charge is 2.20. The molecule has 1 aliphatic rings. The molecule has 0 radical (unpaired) electrons. The molecule has 114 valence electrons. The maximum absolute atomic E-state index is 3.65. The Balaban J connectivity index is 2.28. The van der Waals surface area contributed by atoms with Gasteiger partial charge in [-0.05, 0) is 45.7 Å². The first-order valence-electron chi connectivity index (χ1n) is 8.75. The van der Waals surface area contributed by atoms with E-state index in [9.17, 15) is 0 Å². The predicted octanol–water partition coefficient (Wildman–Crippen LogP) is 4.20. The fourth-order valence-electron chi connectivity index (χ4n) is 3.10. The molecule has 19 heavy (non-hydrogen) atoms. The maximum Gasteiger partial charge on any atom is 0.0195 e. The second kappa shape index (κ2) is 10.7. The summed E-state index contributed by atoms with van der Waals surface area (Å²) >= 11 is 0. The van der Waals surface area contributed by atoms with Crippen LogP contribution in [0.4, 0.5) is 0 Å². The molecule has 1 N–H and O–H groups in total. The number of nitrogens with zero attached hydrogens (tertiary/aromatic N) is 1. The molecule has 1 aliphatic heterocycles. The van der Waals surface area contributed by atoms with Gasteiger partial charge in [-0.1, -0.05) is 46.0 Å². The molecule has 1 heterocycles. The average Bonchev–Trinajstić information content (AvgIpc) is 2.92. The minimum Gasteiger partial charge on any atom is -0.313 e. The van der Waals surface area contributed by atoms with Crippen LogP contribution in [0.2, 0.25) is 0 Å². The van der Waals surface area contributed by atoms with Gasteiger partial charge in [0.1, 0.15) is 0 Å². The van der Waals surface area contributed by atoms with E-state index in [1.54, 1.807) is 0 Å². The van der Waals surface area contributed by atoms with Gasteiger partial charge >= 0.3 is 0 Å². The summed E-state index contributed by atoms with van der Waals surface area (Å²) < 4.78 is 0. The van der Waals surface area contributed by atoms with Crippen LogP contribution >= 0.6 is 0 Å². The van der Waals surface area contributed by atoms with E-state index in [0.29, 0.717) is 0 Å². The smallest absolute Gasteiger partial charge is 0.0195 e. The van der Waals surface area contributed by atoms with Gasteiger partial charge in [0.2, 0.25) is 0 Å². The Morgan fingerprint density at radius 1 is 1.11 bits per heavy atom. The third kappa shape index (κ3) is 7.31. The first-order valence-corrected chi connectivity index (χ1v) is 8.75. The van der Waals surface area contributed by atoms with Gasteiger partial charge in [0, 0.05) is 18.6 Å². The summed E-state index contributed by atoms with van der Waals surface area (Å²) in [7, 11) is 0. The van der Waals surface area contributed by atoms with Gasteiger partial charge in [-0.2, -0.15) is 0 Å². The monoisotopic (exact) mass is 268 g/mol. The second-order valence-corrected chi connectivity index (χ2v) is 6.34. The van der Waals surface area contributed by atoms with Gasteiger partial charge in [-0.15, -0.1) is 0 Å². The van der Waals surface area contributed by atoms with Crippen LogP contribution in [0, 0.1) is 0 Å². The van der Waals surface area contributed by atoms with E-state index < -0.39 is 0 Å². The van der Waals surface area contributed by atoms with E-state index in [0.717, 1.165) is 12.1 Å². The third-order valence-electron chi connectivity index (χ3n) is 4.51. The third-order valence-corrected chi connectivity index (χ3v) is 4.51. The molecule has 2 heteroatoms. The molecule has 0 aromatic rings. The molecule has 0 saturated carbocycles. The molecular formula is C17H36N2. The Morgan fingerprint density at radius 2 is 1.89 bits per heavy atom. The highest BCUT2D eigenvalue weighted by atomic mass is 15.2. The standard InChI is InChI=1S/C17H36N2/c1-4-6-8-9-11-16(3)19(14-7-5-2)15-17-12-10-13-18-17/h16-18H,4-15H2,1-3H3. The molecule has 2 nitrogen and oxygen atoms in total. The highest BCUT2D eigenvalue weighted by Crippen LogP contribution is 2.15. The topological polar surface area (TPSA) is 15.3 Å². The van der Waals surface area contributed by atoms with E-state index in [4.69, 9.17) is 0 Å². The van der Waals surface area contributed by atoms with E-state index in [-0.39, 0.29) is 0 Å². The Morgan fingerprint density at radius 3 is 2.53 bits per heavy atom. The zero-order valence-electron chi connectivity index (χ0n) is 13.6. The van der Waals surface area contributed by atoms with Crippen molar-refractivity contribution in [1.29, 1.82) is 0 Å². The van der Waals surface area contributed by atoms with Crippen molar-refractivity contribution < 1.29 is 0 Å². The Kier molecular flexibility index (Phi) is 9.54. The number of unbranched alkanes of at least 4 members (excludes halogenated alkanes) is 4. The molecule has 0 amide bonds. The largest absolute Gasteiger partial charge is 0.313 e. The lowest BCUT2D eigenvalue weighted by Crippen LogP contribution is -2.42. The normalized spacial score (nSPS) is 21.2. The molecule has 2 atom stereocenters. The van der Waals surface area contributed by atoms with Crippen molar-refractivity contribution in [2.75, 3.05) is 19.6 Å². The van der Waals surface area contributed by atoms with Crippen molar-refractivity contribution in [1.82, 2.24) is 10.2 Å². The number of hydrogen-bond acceptors (Lipinski definition) is 2. The van der Waals surface area contributed by atoms with Crippen LogP contribution in [0.5, 0.6) is 0 Å². The van der Waals surface area contributed by atoms with Crippen LogP contribution in [-0.2, 0) is 0 Å². The lowest BCUT2D eigenvalue weighted by atomic mass is 10.1. The Bertz CT molecular complexity index is 199. The quantitative estimate of drug-likeness (QED) is 0.565. The molecule has 0 aliphatic carbocycles. The first-order chi connectivity index (χ1) is 9.27. The summed E-state index contributed by atoms with van der Waals surface area (Å²) in [6, 6.07) is 1.53. The van der Waals surface area contributed by atoms with Gasteiger partial charge in [-0.25, -0.2) is 0 Å². The van der Waals surface area contributed by atoms with Crippen LogP contribution in [-0.4, -0.2) is 36.6 Å². The first kappa shape index (κ1) is 17.0. The molecule has 1 fully saturated rings. The minimum atomic E-state index is 0.759. The predicted molar refractivity (Wildman–Crippen MR) is 85.7 cm³/mol. The van der Waals surface area contributed by atoms with Crippen LogP contribution in [0.15, 0.2) is 0 Å². The average molecular weight is 268 g/mol. The highest BCUT2D eigenvalue weighted by molar-refractivity contribution is 4.80. The molecular weight excluding hydrogens is 232 g/mol. The van der Waals surface area contributed by atoms with Crippen molar-refractivity contribution >= 4 is 0 Å². The second-order valence-electron chi connectivity index (χ2n) is 6.34. The lowest BCUT2D eigenvalue weighted by Gasteiger charge is -2.31. The molecule has 0 spiro atoms. The van der Waals surface area contributed by atoms with Crippen molar-refractivity contribution in [2.24, 2.45) is 0 Å². The van der Waals surface area contributed by atoms with Crippen LogP contribution in [0.25, 0.3) is 0 Å². The van der Waals surface area contributed by atoms with Crippen LogP contribution in [0.1, 0.15) is 78.6 Å². The number of hydrogen-bond donors (Lipinski definition) is 1. The summed E-state index contributed by atoms with van der Waals surface area (Å²) in [5.74, 6) is 0. The molecule has 2 unspecified atom stereocenters. The molecule has 1 saturated heterocycles. The van der Waals surface area contributed by atoms with Crippen molar-refractivity contribution in [3.63, 3.8) is 0 Å². The van der Waals surface area contributed by atoms with E-state index >= 15 is 0 Å². The zero-order valence-corrected chi connectivity index (χ0v) is 13.6. The summed E-state index contributed by atoms with van der Waals surface area (Å²) in [5, 5.41) is 3.65. The summed E-state index contributed by atoms with van der Waals surface area (Å²) in [6.07, 6.45) is 12.4. The van der Waals surface area contributed by atoms with Gasteiger partial charge < -0.3 is 5.32 Å².